The van der Waals surface area contributed by atoms with Crippen molar-refractivity contribution in [3.63, 3.8) is 0 Å². The SMILES string of the molecule is N#Cc1ccc(-c2nc(-c3ccc(C#N)cc3)c3cc(-c4ccc5c6c(cccc46)-c4ccccc4-5)cc(-c4ccc5c6c(cccc46)-c4ccccc4-5)c3n2)cc1. The number of hydrogen-bond donors (Lipinski definition) is 0. The van der Waals surface area contributed by atoms with Crippen molar-refractivity contribution in [3.8, 4) is 102 Å². The number of rotatable bonds is 4. The van der Waals surface area contributed by atoms with Crippen LogP contribution in [0.15, 0.2) is 170 Å². The van der Waals surface area contributed by atoms with Crippen molar-refractivity contribution in [2.45, 2.75) is 0 Å². The lowest BCUT2D eigenvalue weighted by molar-refractivity contribution is 1.23. The second kappa shape index (κ2) is 12.2. The van der Waals surface area contributed by atoms with Gasteiger partial charge in [-0.1, -0.05) is 121 Å². The average molecular weight is 733 g/mol. The van der Waals surface area contributed by atoms with Gasteiger partial charge in [0.05, 0.1) is 34.5 Å². The normalized spacial score (nSPS) is 11.8. The first-order valence-corrected chi connectivity index (χ1v) is 19.4. The molecule has 4 heteroatoms. The zero-order valence-corrected chi connectivity index (χ0v) is 31.0. The smallest absolute Gasteiger partial charge is 0.160 e. The molecular weight excluding hydrogens is 705 g/mol. The van der Waals surface area contributed by atoms with Crippen molar-refractivity contribution in [2.75, 3.05) is 0 Å². The molecule has 0 fully saturated rings. The highest BCUT2D eigenvalue weighted by atomic mass is 14.9. The van der Waals surface area contributed by atoms with Gasteiger partial charge in [-0.3, -0.25) is 0 Å². The topological polar surface area (TPSA) is 73.4 Å². The van der Waals surface area contributed by atoms with E-state index in [4.69, 9.17) is 9.97 Å². The zero-order valence-electron chi connectivity index (χ0n) is 31.0. The molecule has 58 heavy (non-hydrogen) atoms. The van der Waals surface area contributed by atoms with Crippen LogP contribution in [0.2, 0.25) is 0 Å². The average Bonchev–Trinajstić information content (AvgIpc) is 3.80. The Bertz CT molecular complexity index is 3450. The van der Waals surface area contributed by atoms with Crippen molar-refractivity contribution < 1.29 is 0 Å². The first-order chi connectivity index (χ1) is 28.7. The standard InChI is InChI=1S/C54H28N4/c55-29-31-15-19-33(20-16-31)52-49-28-35(36-23-25-46-39-9-3-1-7-37(39)43-12-5-11-42(36)50(43)46)27-48(53(49)58-54(57-52)34-21-17-32(30-56)18-22-34)41-24-26-47-40-10-4-2-8-38(40)44-13-6-14-45(41)51(44)47/h1-28H. The summed E-state index contributed by atoms with van der Waals surface area (Å²) in [5.74, 6) is 0.562. The second-order valence-electron chi connectivity index (χ2n) is 15.1. The van der Waals surface area contributed by atoms with Crippen LogP contribution in [-0.4, -0.2) is 9.97 Å². The Hall–Kier alpha value is -8.18. The summed E-state index contributed by atoms with van der Waals surface area (Å²) in [7, 11) is 0. The summed E-state index contributed by atoms with van der Waals surface area (Å²) >= 11 is 0. The second-order valence-corrected chi connectivity index (χ2v) is 15.1. The van der Waals surface area contributed by atoms with Crippen LogP contribution in [0, 0.1) is 22.7 Å². The summed E-state index contributed by atoms with van der Waals surface area (Å²) in [5.41, 5.74) is 18.8. The molecule has 0 N–H and O–H groups in total. The summed E-state index contributed by atoms with van der Waals surface area (Å²) in [6.07, 6.45) is 0. The third-order valence-corrected chi connectivity index (χ3v) is 12.1. The Morgan fingerprint density at radius 2 is 0.793 bits per heavy atom. The van der Waals surface area contributed by atoms with E-state index in [1.54, 1.807) is 0 Å². The van der Waals surface area contributed by atoms with E-state index in [1.165, 1.54) is 66.1 Å². The minimum Gasteiger partial charge on any atom is -0.227 e. The number of hydrogen-bond acceptors (Lipinski definition) is 4. The maximum Gasteiger partial charge on any atom is 0.160 e. The van der Waals surface area contributed by atoms with Crippen molar-refractivity contribution in [1.82, 2.24) is 9.97 Å². The molecule has 10 aromatic rings. The minimum atomic E-state index is 0.562. The molecule has 12 rings (SSSR count). The molecule has 0 saturated heterocycles. The fraction of sp³-hybridized carbons (Fsp3) is 0. The first-order valence-electron chi connectivity index (χ1n) is 19.4. The highest BCUT2D eigenvalue weighted by Crippen LogP contribution is 2.52. The largest absolute Gasteiger partial charge is 0.227 e. The van der Waals surface area contributed by atoms with Gasteiger partial charge in [0.25, 0.3) is 0 Å². The minimum absolute atomic E-state index is 0.562. The molecule has 264 valence electrons. The van der Waals surface area contributed by atoms with Crippen molar-refractivity contribution in [3.05, 3.63) is 181 Å². The van der Waals surface area contributed by atoms with Crippen LogP contribution in [0.5, 0.6) is 0 Å². The molecular formula is C54H28N4. The summed E-state index contributed by atoms with van der Waals surface area (Å²) in [4.78, 5) is 10.7. The predicted molar refractivity (Wildman–Crippen MR) is 235 cm³/mol. The lowest BCUT2D eigenvalue weighted by atomic mass is 9.88. The molecule has 0 saturated carbocycles. The van der Waals surface area contributed by atoms with E-state index in [0.717, 1.165) is 50.0 Å². The van der Waals surface area contributed by atoms with Gasteiger partial charge < -0.3 is 0 Å². The van der Waals surface area contributed by atoms with E-state index in [-0.39, 0.29) is 0 Å². The van der Waals surface area contributed by atoms with Gasteiger partial charge in [0.1, 0.15) is 0 Å². The predicted octanol–water partition coefficient (Wildman–Crippen LogP) is 13.6. The van der Waals surface area contributed by atoms with Crippen LogP contribution < -0.4 is 0 Å². The summed E-state index contributed by atoms with van der Waals surface area (Å²) in [5, 5.41) is 25.1. The van der Waals surface area contributed by atoms with E-state index in [9.17, 15) is 10.5 Å². The van der Waals surface area contributed by atoms with Gasteiger partial charge in [-0.15, -0.1) is 0 Å². The fourth-order valence-corrected chi connectivity index (χ4v) is 9.44. The summed E-state index contributed by atoms with van der Waals surface area (Å²) < 4.78 is 0. The van der Waals surface area contributed by atoms with Gasteiger partial charge in [-0.25, -0.2) is 9.97 Å². The highest BCUT2D eigenvalue weighted by Gasteiger charge is 2.26. The quantitative estimate of drug-likeness (QED) is 0.181. The van der Waals surface area contributed by atoms with Crippen LogP contribution in [0.1, 0.15) is 11.1 Å². The van der Waals surface area contributed by atoms with Crippen LogP contribution in [-0.2, 0) is 0 Å². The molecule has 4 nitrogen and oxygen atoms in total. The van der Waals surface area contributed by atoms with Crippen LogP contribution in [0.3, 0.4) is 0 Å². The van der Waals surface area contributed by atoms with Crippen molar-refractivity contribution >= 4 is 32.4 Å². The van der Waals surface area contributed by atoms with E-state index in [2.05, 4.69) is 133 Å². The molecule has 0 atom stereocenters. The number of nitriles is 2. The third kappa shape index (κ3) is 4.55. The first kappa shape index (κ1) is 32.1. The number of benzene rings is 9. The van der Waals surface area contributed by atoms with Gasteiger partial charge in [-0.05, 0) is 131 Å². The molecule has 2 aliphatic carbocycles. The van der Waals surface area contributed by atoms with Crippen LogP contribution in [0.25, 0.3) is 122 Å². The molecule has 0 bridgehead atoms. The Morgan fingerprint density at radius 3 is 1.34 bits per heavy atom. The van der Waals surface area contributed by atoms with Gasteiger partial charge >= 0.3 is 0 Å². The van der Waals surface area contributed by atoms with E-state index < -0.39 is 0 Å². The van der Waals surface area contributed by atoms with Crippen LogP contribution in [0.4, 0.5) is 0 Å². The van der Waals surface area contributed by atoms with Gasteiger partial charge in [-0.2, -0.15) is 10.5 Å². The van der Waals surface area contributed by atoms with Gasteiger partial charge in [0.15, 0.2) is 5.82 Å². The molecule has 1 heterocycles. The maximum atomic E-state index is 9.71. The van der Waals surface area contributed by atoms with E-state index in [0.29, 0.717) is 17.0 Å². The molecule has 0 amide bonds. The summed E-state index contributed by atoms with van der Waals surface area (Å²) in [6.45, 7) is 0. The monoisotopic (exact) mass is 732 g/mol. The Labute approximate surface area is 334 Å². The molecule has 0 spiro atoms. The molecule has 0 aliphatic heterocycles. The number of nitrogens with zero attached hydrogens (tertiary/aromatic N) is 4. The number of aromatic nitrogens is 2. The van der Waals surface area contributed by atoms with Gasteiger partial charge in [0, 0.05) is 22.1 Å². The zero-order chi connectivity index (χ0) is 38.5. The fourth-order valence-electron chi connectivity index (χ4n) is 9.44. The molecule has 2 aliphatic rings. The molecule has 9 aromatic carbocycles. The summed E-state index contributed by atoms with van der Waals surface area (Å²) in [6, 6.07) is 63.9. The maximum absolute atomic E-state index is 9.71. The lowest BCUT2D eigenvalue weighted by Gasteiger charge is -2.18. The molecule has 0 radical (unpaired) electrons. The van der Waals surface area contributed by atoms with E-state index >= 15 is 0 Å². The number of fused-ring (bicyclic) bond motifs is 7. The molecule has 0 unspecified atom stereocenters. The van der Waals surface area contributed by atoms with Crippen molar-refractivity contribution in [2.24, 2.45) is 0 Å². The van der Waals surface area contributed by atoms with Crippen LogP contribution >= 0.6 is 0 Å². The Morgan fingerprint density at radius 1 is 0.328 bits per heavy atom. The lowest BCUT2D eigenvalue weighted by Crippen LogP contribution is -1.98. The Kier molecular flexibility index (Phi) is 6.73. The Balaban J connectivity index is 1.20. The third-order valence-electron chi connectivity index (χ3n) is 12.1. The van der Waals surface area contributed by atoms with E-state index in [1.807, 2.05) is 48.5 Å². The van der Waals surface area contributed by atoms with Gasteiger partial charge in [0.2, 0.25) is 0 Å². The van der Waals surface area contributed by atoms with Crippen molar-refractivity contribution in [1.29, 1.82) is 10.5 Å². The molecule has 1 aromatic heterocycles. The highest BCUT2D eigenvalue weighted by molar-refractivity contribution is 6.22.